The van der Waals surface area contributed by atoms with Crippen molar-refractivity contribution in [2.75, 3.05) is 11.1 Å². The molecule has 0 saturated carbocycles. The van der Waals surface area contributed by atoms with E-state index in [1.54, 1.807) is 6.20 Å². The van der Waals surface area contributed by atoms with Gasteiger partial charge in [-0.25, -0.2) is 0 Å². The maximum Gasteiger partial charge on any atom is 0.130 e. The van der Waals surface area contributed by atoms with Gasteiger partial charge in [0.1, 0.15) is 5.00 Å². The second kappa shape index (κ2) is 4.43. The molecule has 1 unspecified atom stereocenters. The Bertz CT molecular complexity index is 470. The molecule has 2 heterocycles. The van der Waals surface area contributed by atoms with Crippen LogP contribution in [0.4, 0.5) is 5.00 Å². The molecular formula is C11H11N3S2. The number of nitrogens with zero attached hydrogens (tertiary/aromatic N) is 2. The van der Waals surface area contributed by atoms with Crippen LogP contribution in [0.15, 0.2) is 35.4 Å². The number of nitrogens with one attached hydrogen (secondary N) is 1. The minimum atomic E-state index is 0.402. The number of hydrogen-bond donors (Lipinski definition) is 1. The summed E-state index contributed by atoms with van der Waals surface area (Å²) < 4.78 is 3.87. The van der Waals surface area contributed by atoms with E-state index in [-0.39, 0.29) is 0 Å². The number of fused-ring (bicyclic) bond motifs is 1. The molecule has 5 heteroatoms. The van der Waals surface area contributed by atoms with E-state index in [4.69, 9.17) is 0 Å². The van der Waals surface area contributed by atoms with Gasteiger partial charge in [-0.05, 0) is 18.1 Å². The maximum absolute atomic E-state index is 3.87. The van der Waals surface area contributed by atoms with Gasteiger partial charge in [0.25, 0.3) is 0 Å². The Hall–Kier alpha value is -1.07. The lowest BCUT2D eigenvalue weighted by Gasteiger charge is -2.25. The first kappa shape index (κ1) is 10.1. The van der Waals surface area contributed by atoms with E-state index in [1.165, 1.54) is 27.7 Å². The standard InChI is InChI=1S/C11H11N3S2/c1-2-4-10-8(3-1)9(5-6-15-10)13-11-7-12-14-16-11/h1-4,7,9,13H,5-6H2. The Morgan fingerprint density at radius 1 is 1.31 bits per heavy atom. The summed E-state index contributed by atoms with van der Waals surface area (Å²) in [5, 5.41) is 8.39. The summed E-state index contributed by atoms with van der Waals surface area (Å²) in [4.78, 5) is 1.39. The van der Waals surface area contributed by atoms with Crippen LogP contribution in [0.2, 0.25) is 0 Å². The molecule has 0 bridgehead atoms. The summed E-state index contributed by atoms with van der Waals surface area (Å²) in [6, 6.07) is 9.00. The highest BCUT2D eigenvalue weighted by Gasteiger charge is 2.20. The fourth-order valence-corrected chi connectivity index (χ4v) is 3.49. The number of benzene rings is 1. The van der Waals surface area contributed by atoms with Crippen LogP contribution in [0.25, 0.3) is 0 Å². The SMILES string of the molecule is c1ccc2c(c1)SCCC2Nc1cnns1. The summed E-state index contributed by atoms with van der Waals surface area (Å²) in [6.07, 6.45) is 2.94. The molecule has 0 amide bonds. The Morgan fingerprint density at radius 2 is 2.25 bits per heavy atom. The van der Waals surface area contributed by atoms with Crippen molar-refractivity contribution in [3.05, 3.63) is 36.0 Å². The van der Waals surface area contributed by atoms with Crippen molar-refractivity contribution >= 4 is 28.3 Å². The second-order valence-electron chi connectivity index (χ2n) is 3.65. The van der Waals surface area contributed by atoms with Gasteiger partial charge in [-0.2, -0.15) is 0 Å². The fraction of sp³-hybridized carbons (Fsp3) is 0.273. The van der Waals surface area contributed by atoms with E-state index in [2.05, 4.69) is 39.2 Å². The van der Waals surface area contributed by atoms with Crippen LogP contribution in [0.3, 0.4) is 0 Å². The van der Waals surface area contributed by atoms with Crippen molar-refractivity contribution in [1.82, 2.24) is 9.59 Å². The Kier molecular flexibility index (Phi) is 2.80. The third kappa shape index (κ3) is 1.92. The Labute approximate surface area is 102 Å². The van der Waals surface area contributed by atoms with Gasteiger partial charge < -0.3 is 5.32 Å². The molecule has 1 aromatic carbocycles. The van der Waals surface area contributed by atoms with E-state index >= 15 is 0 Å². The molecule has 1 aliphatic heterocycles. The van der Waals surface area contributed by atoms with E-state index in [0.29, 0.717) is 6.04 Å². The molecule has 16 heavy (non-hydrogen) atoms. The summed E-state index contributed by atoms with van der Waals surface area (Å²) in [7, 11) is 0. The number of rotatable bonds is 2. The van der Waals surface area contributed by atoms with Gasteiger partial charge in [0, 0.05) is 22.2 Å². The minimum Gasteiger partial charge on any atom is -0.367 e. The van der Waals surface area contributed by atoms with Crippen LogP contribution in [0.1, 0.15) is 18.0 Å². The normalized spacial score (nSPS) is 19.1. The van der Waals surface area contributed by atoms with Crippen LogP contribution >= 0.6 is 23.3 Å². The molecule has 0 fully saturated rings. The lowest BCUT2D eigenvalue weighted by molar-refractivity contribution is 0.730. The predicted octanol–water partition coefficient (Wildman–Crippen LogP) is 3.19. The second-order valence-corrected chi connectivity index (χ2v) is 5.58. The fourth-order valence-electron chi connectivity index (χ4n) is 1.89. The third-order valence-corrected chi connectivity index (χ3v) is 4.35. The van der Waals surface area contributed by atoms with Crippen molar-refractivity contribution in [3.8, 4) is 0 Å². The largest absolute Gasteiger partial charge is 0.367 e. The molecule has 3 nitrogen and oxygen atoms in total. The van der Waals surface area contributed by atoms with Crippen LogP contribution in [-0.4, -0.2) is 15.3 Å². The molecule has 2 aromatic rings. The summed E-state index contributed by atoms with van der Waals surface area (Å²) in [6.45, 7) is 0. The van der Waals surface area contributed by atoms with E-state index in [9.17, 15) is 0 Å². The van der Waals surface area contributed by atoms with Crippen LogP contribution in [-0.2, 0) is 0 Å². The number of thioether (sulfide) groups is 1. The quantitative estimate of drug-likeness (QED) is 0.887. The van der Waals surface area contributed by atoms with Crippen LogP contribution < -0.4 is 5.32 Å². The van der Waals surface area contributed by atoms with Crippen molar-refractivity contribution in [2.24, 2.45) is 0 Å². The summed E-state index contributed by atoms with van der Waals surface area (Å²) >= 11 is 3.35. The van der Waals surface area contributed by atoms with E-state index in [0.717, 1.165) is 11.4 Å². The van der Waals surface area contributed by atoms with Gasteiger partial charge >= 0.3 is 0 Å². The molecule has 0 aliphatic carbocycles. The zero-order valence-corrected chi connectivity index (χ0v) is 10.2. The molecule has 1 atom stereocenters. The number of hydrogen-bond acceptors (Lipinski definition) is 5. The summed E-state index contributed by atoms with van der Waals surface area (Å²) in [5.41, 5.74) is 1.40. The van der Waals surface area contributed by atoms with Gasteiger partial charge in [-0.3, -0.25) is 0 Å². The molecule has 0 spiro atoms. The molecule has 0 radical (unpaired) electrons. The first-order valence-corrected chi connectivity index (χ1v) is 6.95. The van der Waals surface area contributed by atoms with Crippen molar-refractivity contribution in [2.45, 2.75) is 17.4 Å². The zero-order valence-electron chi connectivity index (χ0n) is 8.59. The molecular weight excluding hydrogens is 238 g/mol. The predicted molar refractivity (Wildman–Crippen MR) is 68.1 cm³/mol. The van der Waals surface area contributed by atoms with Crippen molar-refractivity contribution < 1.29 is 0 Å². The Morgan fingerprint density at radius 3 is 3.12 bits per heavy atom. The number of anilines is 1. The molecule has 82 valence electrons. The highest BCUT2D eigenvalue weighted by molar-refractivity contribution is 7.99. The monoisotopic (exact) mass is 249 g/mol. The average Bonchev–Trinajstić information content (AvgIpc) is 2.82. The van der Waals surface area contributed by atoms with Gasteiger partial charge in [-0.15, -0.1) is 16.9 Å². The lowest BCUT2D eigenvalue weighted by atomic mass is 10.0. The maximum atomic E-state index is 3.87. The molecule has 1 aromatic heterocycles. The molecule has 1 N–H and O–H groups in total. The van der Waals surface area contributed by atoms with Gasteiger partial charge in [0.15, 0.2) is 0 Å². The zero-order chi connectivity index (χ0) is 10.8. The highest BCUT2D eigenvalue weighted by atomic mass is 32.2. The molecule has 0 saturated heterocycles. The first-order chi connectivity index (χ1) is 7.93. The smallest absolute Gasteiger partial charge is 0.130 e. The minimum absolute atomic E-state index is 0.402. The van der Waals surface area contributed by atoms with Gasteiger partial charge in [0.05, 0.1) is 12.2 Å². The Balaban J connectivity index is 1.87. The van der Waals surface area contributed by atoms with Crippen LogP contribution in [0.5, 0.6) is 0 Å². The van der Waals surface area contributed by atoms with Crippen LogP contribution in [0, 0.1) is 0 Å². The van der Waals surface area contributed by atoms with Gasteiger partial charge in [-0.1, -0.05) is 22.7 Å². The van der Waals surface area contributed by atoms with Crippen molar-refractivity contribution in [1.29, 1.82) is 0 Å². The van der Waals surface area contributed by atoms with E-state index in [1.807, 2.05) is 11.8 Å². The average molecular weight is 249 g/mol. The molecule has 1 aliphatic rings. The highest BCUT2D eigenvalue weighted by Crippen LogP contribution is 2.37. The third-order valence-electron chi connectivity index (χ3n) is 2.64. The number of aromatic nitrogens is 2. The van der Waals surface area contributed by atoms with E-state index < -0.39 is 0 Å². The topological polar surface area (TPSA) is 37.8 Å². The lowest BCUT2D eigenvalue weighted by Crippen LogP contribution is -2.15. The van der Waals surface area contributed by atoms with Gasteiger partial charge in [0.2, 0.25) is 0 Å². The first-order valence-electron chi connectivity index (χ1n) is 5.19. The summed E-state index contributed by atoms with van der Waals surface area (Å²) in [5.74, 6) is 1.17. The van der Waals surface area contributed by atoms with Crippen molar-refractivity contribution in [3.63, 3.8) is 0 Å². The molecule has 3 rings (SSSR count).